The topological polar surface area (TPSA) is 119 Å². The molecule has 0 fully saturated rings. The van der Waals surface area contributed by atoms with Crippen LogP contribution in [0.4, 0.5) is 18.9 Å². The van der Waals surface area contributed by atoms with Gasteiger partial charge in [-0.1, -0.05) is 18.2 Å². The predicted octanol–water partition coefficient (Wildman–Crippen LogP) is 3.09. The fourth-order valence-electron chi connectivity index (χ4n) is 2.83. The van der Waals surface area contributed by atoms with E-state index < -0.39 is 26.5 Å². The first-order valence-electron chi connectivity index (χ1n) is 8.30. The molecule has 0 aliphatic heterocycles. The van der Waals surface area contributed by atoms with E-state index in [0.29, 0.717) is 5.56 Å². The molecule has 3 N–H and O–H groups in total. The van der Waals surface area contributed by atoms with Crippen molar-refractivity contribution in [2.24, 2.45) is 5.14 Å². The van der Waals surface area contributed by atoms with Crippen LogP contribution in [0.3, 0.4) is 0 Å². The number of primary sulfonamides is 1. The van der Waals surface area contributed by atoms with Gasteiger partial charge in [0.15, 0.2) is 0 Å². The molecule has 1 aromatic carbocycles. The number of hydrogen-bond acceptors (Lipinski definition) is 6. The van der Waals surface area contributed by atoms with Gasteiger partial charge >= 0.3 is 6.30 Å². The zero-order chi connectivity index (χ0) is 22.0. The van der Waals surface area contributed by atoms with Gasteiger partial charge in [0.1, 0.15) is 0 Å². The van der Waals surface area contributed by atoms with Gasteiger partial charge in [-0.15, -0.1) is 5.43 Å². The molecule has 12 heteroatoms. The van der Waals surface area contributed by atoms with E-state index in [2.05, 4.69) is 0 Å². The molecule has 0 spiro atoms. The second-order valence-electron chi connectivity index (χ2n) is 6.23. The van der Waals surface area contributed by atoms with Crippen LogP contribution in [-0.4, -0.2) is 29.9 Å². The van der Waals surface area contributed by atoms with Crippen LogP contribution in [0, 0.1) is 17.0 Å². The van der Waals surface area contributed by atoms with E-state index in [4.69, 9.17) is 5.14 Å². The molecule has 0 radical (unpaired) electrons. The maximum Gasteiger partial charge on any atom is 0.475 e. The van der Waals surface area contributed by atoms with E-state index in [1.165, 1.54) is 61.8 Å². The van der Waals surface area contributed by atoms with Gasteiger partial charge in [-0.3, -0.25) is 15.1 Å². The van der Waals surface area contributed by atoms with Gasteiger partial charge in [0, 0.05) is 17.2 Å². The highest BCUT2D eigenvalue weighted by atomic mass is 32.2. The molecular weight excluding hydrogens is 413 g/mol. The first-order chi connectivity index (χ1) is 13.3. The Kier molecular flexibility index (Phi) is 6.50. The van der Waals surface area contributed by atoms with Crippen molar-refractivity contribution in [3.05, 3.63) is 69.4 Å². The van der Waals surface area contributed by atoms with E-state index in [1.54, 1.807) is 0 Å². The average Bonchev–Trinajstić information content (AvgIpc) is 2.59. The van der Waals surface area contributed by atoms with E-state index in [9.17, 15) is 31.7 Å². The minimum Gasteiger partial charge on any atom is -0.270 e. The van der Waals surface area contributed by atoms with Crippen molar-refractivity contribution in [2.75, 3.05) is 0 Å². The highest BCUT2D eigenvalue weighted by molar-refractivity contribution is 7.89. The molecule has 1 aliphatic rings. The summed E-state index contributed by atoms with van der Waals surface area (Å²) in [5.74, 6) is 0. The van der Waals surface area contributed by atoms with Gasteiger partial charge in [0.2, 0.25) is 10.0 Å². The van der Waals surface area contributed by atoms with Crippen molar-refractivity contribution in [2.45, 2.75) is 31.8 Å². The van der Waals surface area contributed by atoms with E-state index in [1.807, 2.05) is 0 Å². The minimum absolute atomic E-state index is 0.0475. The number of sulfonamides is 1. The summed E-state index contributed by atoms with van der Waals surface area (Å²) in [4.78, 5) is 10.4. The summed E-state index contributed by atoms with van der Waals surface area (Å²) in [5.41, 5.74) is 1.96. The number of hydrazine groups is 1. The van der Waals surface area contributed by atoms with Crippen LogP contribution in [-0.2, 0) is 10.0 Å². The minimum atomic E-state index is -4.80. The van der Waals surface area contributed by atoms with Crippen molar-refractivity contribution in [1.82, 2.24) is 10.4 Å². The lowest BCUT2D eigenvalue weighted by molar-refractivity contribution is -0.385. The van der Waals surface area contributed by atoms with Crippen LogP contribution >= 0.6 is 0 Å². The standard InChI is InChI=1S/C17H19F3N4O4S/c1-3-15(12-4-9-16(24(25)26)11(2)10-12)23(22-17(18,19)20)13-5-7-14(8-6-13)29(21,27)28/h3-7,9-10,14,22H,8H2,1-2H3,(H2,21,27,28)/b15-3-. The largest absolute Gasteiger partial charge is 0.475 e. The second kappa shape index (κ2) is 8.35. The third kappa shape index (κ3) is 5.65. The molecular formula is C17H19F3N4O4S. The van der Waals surface area contributed by atoms with Crippen LogP contribution in [0.15, 0.2) is 48.2 Å². The van der Waals surface area contributed by atoms with Crippen LogP contribution in [0.1, 0.15) is 24.5 Å². The predicted molar refractivity (Wildman–Crippen MR) is 101 cm³/mol. The summed E-state index contributed by atoms with van der Waals surface area (Å²) in [6.07, 6.45) is 0.255. The van der Waals surface area contributed by atoms with Crippen molar-refractivity contribution in [3.63, 3.8) is 0 Å². The number of nitrogens with zero attached hydrogens (tertiary/aromatic N) is 2. The summed E-state index contributed by atoms with van der Waals surface area (Å²) in [6, 6.07) is 3.95. The molecule has 29 heavy (non-hydrogen) atoms. The number of halogens is 3. The summed E-state index contributed by atoms with van der Waals surface area (Å²) in [7, 11) is -3.88. The molecule has 1 unspecified atom stereocenters. The van der Waals surface area contributed by atoms with Crippen LogP contribution < -0.4 is 10.6 Å². The molecule has 0 saturated carbocycles. The van der Waals surface area contributed by atoms with E-state index in [0.717, 1.165) is 5.01 Å². The Morgan fingerprint density at radius 2 is 2.07 bits per heavy atom. The first kappa shape index (κ1) is 22.6. The molecule has 0 bridgehead atoms. The zero-order valence-electron chi connectivity index (χ0n) is 15.5. The van der Waals surface area contributed by atoms with Gasteiger partial charge in [-0.25, -0.2) is 13.6 Å². The number of allylic oxidation sites excluding steroid dienone is 3. The number of aryl methyl sites for hydroxylation is 1. The number of nitrogens with one attached hydrogen (secondary N) is 1. The number of alkyl halides is 3. The summed E-state index contributed by atoms with van der Waals surface area (Å²) in [5, 5.41) is 15.8. The summed E-state index contributed by atoms with van der Waals surface area (Å²) < 4.78 is 62.4. The Morgan fingerprint density at radius 3 is 2.48 bits per heavy atom. The molecule has 0 saturated heterocycles. The first-order valence-corrected chi connectivity index (χ1v) is 9.91. The molecule has 2 rings (SSSR count). The second-order valence-corrected chi connectivity index (χ2v) is 8.01. The van der Waals surface area contributed by atoms with Crippen LogP contribution in [0.5, 0.6) is 0 Å². The van der Waals surface area contributed by atoms with Gasteiger partial charge in [0.25, 0.3) is 5.69 Å². The Labute approximate surface area is 165 Å². The van der Waals surface area contributed by atoms with Crippen LogP contribution in [0.25, 0.3) is 5.70 Å². The normalized spacial score (nSPS) is 17.8. The number of nitrogens with two attached hydrogens (primary N) is 1. The van der Waals surface area contributed by atoms with Gasteiger partial charge in [-0.2, -0.15) is 13.2 Å². The monoisotopic (exact) mass is 432 g/mol. The third-order valence-electron chi connectivity index (χ3n) is 4.16. The van der Waals surface area contributed by atoms with Gasteiger partial charge in [-0.05, 0) is 38.5 Å². The zero-order valence-corrected chi connectivity index (χ0v) is 16.3. The summed E-state index contributed by atoms with van der Waals surface area (Å²) in [6.45, 7) is 2.99. The summed E-state index contributed by atoms with van der Waals surface area (Å²) >= 11 is 0. The molecule has 1 aromatic rings. The quantitative estimate of drug-likeness (QED) is 0.405. The smallest absolute Gasteiger partial charge is 0.270 e. The van der Waals surface area contributed by atoms with Crippen molar-refractivity contribution in [1.29, 1.82) is 0 Å². The maximum absolute atomic E-state index is 13.2. The van der Waals surface area contributed by atoms with Gasteiger partial charge in [0.05, 0.1) is 21.6 Å². The van der Waals surface area contributed by atoms with E-state index >= 15 is 0 Å². The Hall–Kier alpha value is -2.70. The lowest BCUT2D eigenvalue weighted by Crippen LogP contribution is -2.45. The van der Waals surface area contributed by atoms with Crippen molar-refractivity contribution in [3.8, 4) is 0 Å². The molecule has 0 heterocycles. The highest BCUT2D eigenvalue weighted by Crippen LogP contribution is 2.30. The van der Waals surface area contributed by atoms with Gasteiger partial charge < -0.3 is 0 Å². The number of benzene rings is 1. The third-order valence-corrected chi connectivity index (χ3v) is 5.36. The fraction of sp³-hybridized carbons (Fsp3) is 0.294. The SMILES string of the molecule is C/C=C(/c1ccc([N+](=O)[O-])c(C)c1)N(NC(F)(F)F)C1=CCC(S(N)(=O)=O)C=C1. The Bertz CT molecular complexity index is 1000. The molecule has 1 aliphatic carbocycles. The molecule has 0 amide bonds. The maximum atomic E-state index is 13.2. The Morgan fingerprint density at radius 1 is 1.41 bits per heavy atom. The lowest BCUT2D eigenvalue weighted by atomic mass is 10.0. The van der Waals surface area contributed by atoms with Crippen LogP contribution in [0.2, 0.25) is 0 Å². The molecule has 1 atom stereocenters. The molecule has 8 nitrogen and oxygen atoms in total. The number of rotatable bonds is 6. The number of nitro groups is 1. The fourth-order valence-corrected chi connectivity index (χ4v) is 3.50. The van der Waals surface area contributed by atoms with Crippen molar-refractivity contribution < 1.29 is 26.5 Å². The number of hydrogen-bond donors (Lipinski definition) is 2. The lowest BCUT2D eigenvalue weighted by Gasteiger charge is -2.31. The van der Waals surface area contributed by atoms with Crippen molar-refractivity contribution >= 4 is 21.4 Å². The molecule has 0 aromatic heterocycles. The number of nitro benzene ring substituents is 1. The Balaban J connectivity index is 2.47. The average molecular weight is 432 g/mol. The highest BCUT2D eigenvalue weighted by Gasteiger charge is 2.33. The van der Waals surface area contributed by atoms with E-state index in [-0.39, 0.29) is 29.1 Å². The molecule has 158 valence electrons.